The molecule has 0 amide bonds. The van der Waals surface area contributed by atoms with Crippen molar-refractivity contribution in [3.05, 3.63) is 54.6 Å². The minimum atomic E-state index is -3.73. The molecule has 0 fully saturated rings. The summed E-state index contributed by atoms with van der Waals surface area (Å²) in [5, 5.41) is 1.40. The number of nitrogens with two attached hydrogens (primary N) is 1. The Bertz CT molecular complexity index is 1190. The monoisotopic (exact) mass is 338 g/mol. The van der Waals surface area contributed by atoms with Crippen LogP contribution in [0.4, 0.5) is 5.69 Å². The number of fused-ring (bicyclic) bond motifs is 2. The van der Waals surface area contributed by atoms with Crippen LogP contribution in [0.15, 0.2) is 58.6 Å². The molecule has 0 aliphatic carbocycles. The molecule has 7 heteroatoms. The van der Waals surface area contributed by atoms with Crippen LogP contribution in [0.5, 0.6) is 0 Å². The molecule has 0 spiro atoms. The van der Waals surface area contributed by atoms with Gasteiger partial charge in [-0.3, -0.25) is 4.98 Å². The van der Waals surface area contributed by atoms with Crippen LogP contribution in [0.25, 0.3) is 21.8 Å². The number of imidazole rings is 1. The lowest BCUT2D eigenvalue weighted by Gasteiger charge is -2.09. The summed E-state index contributed by atoms with van der Waals surface area (Å²) in [7, 11) is -3.73. The Kier molecular flexibility index (Phi) is 3.07. The van der Waals surface area contributed by atoms with Crippen LogP contribution in [-0.2, 0) is 9.84 Å². The molecule has 4 aromatic rings. The van der Waals surface area contributed by atoms with E-state index in [1.165, 1.54) is 6.07 Å². The number of rotatable bonds is 2. The first kappa shape index (κ1) is 14.6. The van der Waals surface area contributed by atoms with Crippen molar-refractivity contribution in [3.8, 4) is 0 Å². The molecule has 6 nitrogen and oxygen atoms in total. The highest BCUT2D eigenvalue weighted by molar-refractivity contribution is 7.91. The van der Waals surface area contributed by atoms with Crippen LogP contribution >= 0.6 is 0 Å². The Morgan fingerprint density at radius 2 is 2.00 bits per heavy atom. The standard InChI is InChI=1S/C17H14N4O2S/c1-10-20-15-8-12(7-14(18)17(15)21-10)24(22,23)16-4-2-3-11-9-19-6-5-13(11)16/h2-9H,18H2,1H3,(H,20,21). The van der Waals surface area contributed by atoms with E-state index in [9.17, 15) is 8.42 Å². The van der Waals surface area contributed by atoms with Gasteiger partial charge in [-0.1, -0.05) is 12.1 Å². The van der Waals surface area contributed by atoms with Gasteiger partial charge in [0.05, 0.1) is 21.0 Å². The highest BCUT2D eigenvalue weighted by Crippen LogP contribution is 2.31. The zero-order valence-corrected chi connectivity index (χ0v) is 13.6. The summed E-state index contributed by atoms with van der Waals surface area (Å²) in [4.78, 5) is 11.7. The molecule has 2 aromatic carbocycles. The molecule has 0 unspecified atom stereocenters. The van der Waals surface area contributed by atoms with Crippen LogP contribution in [0.3, 0.4) is 0 Å². The van der Waals surface area contributed by atoms with Crippen LogP contribution in [-0.4, -0.2) is 23.4 Å². The molecule has 24 heavy (non-hydrogen) atoms. The van der Waals surface area contributed by atoms with Gasteiger partial charge in [-0.2, -0.15) is 0 Å². The first-order chi connectivity index (χ1) is 11.5. The number of nitrogen functional groups attached to an aromatic ring is 1. The maximum atomic E-state index is 13.1. The molecule has 0 aliphatic heterocycles. The maximum absolute atomic E-state index is 13.1. The molecule has 4 rings (SSSR count). The number of hydrogen-bond donors (Lipinski definition) is 2. The SMILES string of the molecule is Cc1nc2c(N)cc(S(=O)(=O)c3cccc4cnccc34)cc2[nH]1. The molecule has 3 N–H and O–H groups in total. The average molecular weight is 338 g/mol. The number of nitrogens with one attached hydrogen (secondary N) is 1. The lowest BCUT2D eigenvalue weighted by molar-refractivity contribution is 0.597. The lowest BCUT2D eigenvalue weighted by Crippen LogP contribution is -2.04. The summed E-state index contributed by atoms with van der Waals surface area (Å²) >= 11 is 0. The van der Waals surface area contributed by atoms with E-state index in [1.807, 2.05) is 6.07 Å². The number of benzene rings is 2. The summed E-state index contributed by atoms with van der Waals surface area (Å²) in [5.74, 6) is 0.683. The van der Waals surface area contributed by atoms with Gasteiger partial charge in [0, 0.05) is 23.2 Å². The van der Waals surface area contributed by atoms with Crippen molar-refractivity contribution in [1.29, 1.82) is 0 Å². The van der Waals surface area contributed by atoms with Gasteiger partial charge in [-0.25, -0.2) is 13.4 Å². The molecule has 0 atom stereocenters. The summed E-state index contributed by atoms with van der Waals surface area (Å²) in [5.41, 5.74) is 7.51. The topological polar surface area (TPSA) is 102 Å². The molecule has 0 bridgehead atoms. The fourth-order valence-corrected chi connectivity index (χ4v) is 4.39. The van der Waals surface area contributed by atoms with Crippen LogP contribution in [0, 0.1) is 6.92 Å². The number of sulfone groups is 1. The second-order valence-corrected chi connectivity index (χ2v) is 7.51. The third-order valence-electron chi connectivity index (χ3n) is 3.95. The van der Waals surface area contributed by atoms with Gasteiger partial charge in [0.15, 0.2) is 0 Å². The Morgan fingerprint density at radius 1 is 1.17 bits per heavy atom. The van der Waals surface area contributed by atoms with Gasteiger partial charge < -0.3 is 10.7 Å². The number of aromatic nitrogens is 3. The van der Waals surface area contributed by atoms with Crippen molar-refractivity contribution in [1.82, 2.24) is 15.0 Å². The van der Waals surface area contributed by atoms with Crippen LogP contribution in [0.2, 0.25) is 0 Å². The highest BCUT2D eigenvalue weighted by atomic mass is 32.2. The highest BCUT2D eigenvalue weighted by Gasteiger charge is 2.22. The van der Waals surface area contributed by atoms with E-state index in [0.29, 0.717) is 27.9 Å². The maximum Gasteiger partial charge on any atom is 0.207 e. The van der Waals surface area contributed by atoms with Crippen molar-refractivity contribution in [3.63, 3.8) is 0 Å². The quantitative estimate of drug-likeness (QED) is 0.547. The van der Waals surface area contributed by atoms with Crippen molar-refractivity contribution in [2.75, 3.05) is 5.73 Å². The first-order valence-electron chi connectivity index (χ1n) is 7.30. The van der Waals surface area contributed by atoms with Gasteiger partial charge in [0.25, 0.3) is 0 Å². The first-order valence-corrected chi connectivity index (χ1v) is 8.79. The smallest absolute Gasteiger partial charge is 0.207 e. The normalized spacial score (nSPS) is 12.0. The number of nitrogens with zero attached hydrogens (tertiary/aromatic N) is 2. The van der Waals surface area contributed by atoms with Gasteiger partial charge >= 0.3 is 0 Å². The zero-order valence-electron chi connectivity index (χ0n) is 12.8. The average Bonchev–Trinajstić information content (AvgIpc) is 2.95. The molecular formula is C17H14N4O2S. The van der Waals surface area contributed by atoms with E-state index >= 15 is 0 Å². The molecule has 0 saturated heterocycles. The van der Waals surface area contributed by atoms with Crippen LogP contribution < -0.4 is 5.73 Å². The predicted molar refractivity (Wildman–Crippen MR) is 92.4 cm³/mol. The Balaban J connectivity index is 2.00. The fraction of sp³-hybridized carbons (Fsp3) is 0.0588. The summed E-state index contributed by atoms with van der Waals surface area (Å²) in [6, 6.07) is 9.86. The number of aryl methyl sites for hydroxylation is 1. The van der Waals surface area contributed by atoms with E-state index in [1.54, 1.807) is 43.6 Å². The zero-order chi connectivity index (χ0) is 16.9. The molecule has 2 heterocycles. The van der Waals surface area contributed by atoms with E-state index in [0.717, 1.165) is 5.39 Å². The van der Waals surface area contributed by atoms with Gasteiger partial charge in [-0.15, -0.1) is 0 Å². The Hall–Kier alpha value is -2.93. The van der Waals surface area contributed by atoms with Crippen molar-refractivity contribution < 1.29 is 8.42 Å². The number of anilines is 1. The van der Waals surface area contributed by atoms with Crippen LogP contribution in [0.1, 0.15) is 5.82 Å². The molecule has 2 aromatic heterocycles. The minimum Gasteiger partial charge on any atom is -0.397 e. The minimum absolute atomic E-state index is 0.139. The van der Waals surface area contributed by atoms with Crippen molar-refractivity contribution >= 4 is 37.3 Å². The van der Waals surface area contributed by atoms with E-state index in [2.05, 4.69) is 15.0 Å². The van der Waals surface area contributed by atoms with Gasteiger partial charge in [0.1, 0.15) is 11.3 Å². The van der Waals surface area contributed by atoms with Gasteiger partial charge in [-0.05, 0) is 31.2 Å². The Morgan fingerprint density at radius 3 is 2.83 bits per heavy atom. The van der Waals surface area contributed by atoms with E-state index < -0.39 is 9.84 Å². The molecule has 120 valence electrons. The molecule has 0 aliphatic rings. The third kappa shape index (κ3) is 2.13. The molecular weight excluding hydrogens is 324 g/mol. The summed E-state index contributed by atoms with van der Waals surface area (Å²) in [6.07, 6.45) is 3.22. The molecule has 0 radical (unpaired) electrons. The number of pyridine rings is 1. The largest absolute Gasteiger partial charge is 0.397 e. The number of aromatic amines is 1. The third-order valence-corrected chi connectivity index (χ3v) is 5.74. The Labute approximate surface area is 138 Å². The molecule has 0 saturated carbocycles. The van der Waals surface area contributed by atoms with E-state index in [-0.39, 0.29) is 9.79 Å². The second kappa shape index (κ2) is 5.04. The van der Waals surface area contributed by atoms with Crippen molar-refractivity contribution in [2.45, 2.75) is 16.7 Å². The van der Waals surface area contributed by atoms with Crippen molar-refractivity contribution in [2.24, 2.45) is 0 Å². The van der Waals surface area contributed by atoms with Gasteiger partial charge in [0.2, 0.25) is 9.84 Å². The summed E-state index contributed by atoms with van der Waals surface area (Å²) in [6.45, 7) is 1.80. The predicted octanol–water partition coefficient (Wildman–Crippen LogP) is 2.83. The fourth-order valence-electron chi connectivity index (χ4n) is 2.85. The number of hydrogen-bond acceptors (Lipinski definition) is 5. The lowest BCUT2D eigenvalue weighted by atomic mass is 10.2. The number of H-pyrrole nitrogens is 1. The summed E-state index contributed by atoms with van der Waals surface area (Å²) < 4.78 is 26.3. The second-order valence-electron chi connectivity index (χ2n) is 5.59. The van der Waals surface area contributed by atoms with E-state index in [4.69, 9.17) is 5.73 Å².